The summed E-state index contributed by atoms with van der Waals surface area (Å²) in [7, 11) is 0. The van der Waals surface area contributed by atoms with E-state index in [2.05, 4.69) is 16.7 Å². The third-order valence-corrected chi connectivity index (χ3v) is 6.22. The number of carbonyl (C=O) groups is 1. The molecule has 2 aliphatic rings. The van der Waals surface area contributed by atoms with Crippen molar-refractivity contribution < 1.29 is 9.18 Å². The average molecular weight is 361 g/mol. The van der Waals surface area contributed by atoms with E-state index in [1.54, 1.807) is 12.1 Å². The lowest BCUT2D eigenvalue weighted by Gasteiger charge is -2.35. The Bertz CT molecular complexity index is 583. The Kier molecular flexibility index (Phi) is 7.07. The molecule has 0 radical (unpaired) electrons. The minimum Gasteiger partial charge on any atom is -0.342 e. The van der Waals surface area contributed by atoms with Crippen LogP contribution in [0.3, 0.4) is 0 Å². The van der Waals surface area contributed by atoms with Crippen LogP contribution in [0, 0.1) is 17.7 Å². The minimum absolute atomic E-state index is 0.155. The fraction of sp³-hybridized carbons (Fsp3) is 0.682. The summed E-state index contributed by atoms with van der Waals surface area (Å²) in [4.78, 5) is 17.3. The van der Waals surface area contributed by atoms with E-state index in [0.29, 0.717) is 17.7 Å². The molecule has 1 aromatic carbocycles. The van der Waals surface area contributed by atoms with Crippen LogP contribution in [0.1, 0.15) is 51.0 Å². The number of carbonyl (C=O) groups excluding carboxylic acids is 1. The van der Waals surface area contributed by atoms with E-state index in [1.165, 1.54) is 12.5 Å². The van der Waals surface area contributed by atoms with Gasteiger partial charge in [-0.2, -0.15) is 0 Å². The van der Waals surface area contributed by atoms with Crippen LogP contribution < -0.4 is 0 Å². The number of rotatable bonds is 6. The van der Waals surface area contributed by atoms with Crippen LogP contribution in [0.5, 0.6) is 0 Å². The summed E-state index contributed by atoms with van der Waals surface area (Å²) < 4.78 is 13.3. The van der Waals surface area contributed by atoms with E-state index in [4.69, 9.17) is 0 Å². The van der Waals surface area contributed by atoms with Gasteiger partial charge in [-0.05, 0) is 87.7 Å². The van der Waals surface area contributed by atoms with Gasteiger partial charge >= 0.3 is 0 Å². The molecule has 26 heavy (non-hydrogen) atoms. The minimum atomic E-state index is -0.155. The number of benzene rings is 1. The number of hydrogen-bond donors (Lipinski definition) is 0. The average Bonchev–Trinajstić information content (AvgIpc) is 2.67. The molecule has 0 unspecified atom stereocenters. The molecule has 0 saturated carbocycles. The topological polar surface area (TPSA) is 23.6 Å². The van der Waals surface area contributed by atoms with Gasteiger partial charge in [0.1, 0.15) is 5.82 Å². The zero-order chi connectivity index (χ0) is 18.4. The van der Waals surface area contributed by atoms with Gasteiger partial charge in [0.2, 0.25) is 5.91 Å². The van der Waals surface area contributed by atoms with Crippen LogP contribution >= 0.6 is 0 Å². The molecule has 0 bridgehead atoms. The molecule has 2 fully saturated rings. The first kappa shape index (κ1) is 19.3. The number of amides is 1. The Hall–Kier alpha value is -1.42. The summed E-state index contributed by atoms with van der Waals surface area (Å²) >= 11 is 0. The van der Waals surface area contributed by atoms with Gasteiger partial charge in [-0.15, -0.1) is 0 Å². The Morgan fingerprint density at radius 2 is 1.96 bits per heavy atom. The number of piperidine rings is 2. The van der Waals surface area contributed by atoms with Gasteiger partial charge in [0.15, 0.2) is 0 Å². The van der Waals surface area contributed by atoms with Crippen molar-refractivity contribution in [3.05, 3.63) is 35.6 Å². The van der Waals surface area contributed by atoms with Gasteiger partial charge in [-0.25, -0.2) is 4.39 Å². The molecule has 1 amide bonds. The number of likely N-dealkylation sites (tertiary alicyclic amines) is 2. The Morgan fingerprint density at radius 1 is 1.15 bits per heavy atom. The monoisotopic (exact) mass is 360 g/mol. The number of hydrogen-bond acceptors (Lipinski definition) is 2. The summed E-state index contributed by atoms with van der Waals surface area (Å²) in [6.45, 7) is 7.43. The molecule has 0 N–H and O–H groups in total. The second-order valence-corrected chi connectivity index (χ2v) is 8.10. The molecule has 3 nitrogen and oxygen atoms in total. The smallest absolute Gasteiger partial charge is 0.222 e. The van der Waals surface area contributed by atoms with E-state index in [9.17, 15) is 9.18 Å². The molecule has 2 heterocycles. The van der Waals surface area contributed by atoms with E-state index >= 15 is 0 Å². The highest BCUT2D eigenvalue weighted by Crippen LogP contribution is 2.25. The molecule has 144 valence electrons. The predicted octanol–water partition coefficient (Wildman–Crippen LogP) is 4.12. The van der Waals surface area contributed by atoms with Crippen LogP contribution in [-0.2, 0) is 11.2 Å². The summed E-state index contributed by atoms with van der Waals surface area (Å²) in [6, 6.07) is 6.91. The first-order valence-corrected chi connectivity index (χ1v) is 10.4. The molecule has 0 aliphatic carbocycles. The largest absolute Gasteiger partial charge is 0.342 e. The lowest BCUT2D eigenvalue weighted by atomic mass is 9.89. The summed E-state index contributed by atoms with van der Waals surface area (Å²) in [6.07, 6.45) is 7.30. The molecular formula is C22H33FN2O. The maximum absolute atomic E-state index is 13.3. The number of halogens is 1. The van der Waals surface area contributed by atoms with Gasteiger partial charge in [0.25, 0.3) is 0 Å². The lowest BCUT2D eigenvalue weighted by Crippen LogP contribution is -2.42. The zero-order valence-electron chi connectivity index (χ0n) is 16.1. The third kappa shape index (κ3) is 5.54. The van der Waals surface area contributed by atoms with Crippen molar-refractivity contribution in [2.45, 2.75) is 51.9 Å². The van der Waals surface area contributed by atoms with Crippen molar-refractivity contribution >= 4 is 5.91 Å². The molecule has 1 aromatic rings. The second kappa shape index (κ2) is 9.50. The van der Waals surface area contributed by atoms with E-state index in [0.717, 1.165) is 76.8 Å². The highest BCUT2D eigenvalue weighted by molar-refractivity contribution is 5.76. The van der Waals surface area contributed by atoms with Crippen molar-refractivity contribution in [1.82, 2.24) is 9.80 Å². The molecule has 3 rings (SSSR count). The normalized spacial score (nSPS) is 22.5. The van der Waals surface area contributed by atoms with E-state index < -0.39 is 0 Å². The van der Waals surface area contributed by atoms with Crippen LogP contribution in [0.4, 0.5) is 4.39 Å². The molecular weight excluding hydrogens is 327 g/mol. The Balaban J connectivity index is 1.43. The summed E-state index contributed by atoms with van der Waals surface area (Å²) in [5.41, 5.74) is 1.07. The fourth-order valence-corrected chi connectivity index (χ4v) is 4.47. The fourth-order valence-electron chi connectivity index (χ4n) is 4.47. The van der Waals surface area contributed by atoms with Crippen LogP contribution in [-0.4, -0.2) is 48.4 Å². The van der Waals surface area contributed by atoms with Gasteiger partial charge < -0.3 is 9.80 Å². The number of aryl methyl sites for hydroxylation is 1. The molecule has 0 spiro atoms. The Morgan fingerprint density at radius 3 is 2.69 bits per heavy atom. The predicted molar refractivity (Wildman–Crippen MR) is 103 cm³/mol. The molecule has 4 heteroatoms. The SMILES string of the molecule is CCN1CCC(CC(=O)N2CCC[C@@H](CCc3cccc(F)c3)C2)CC1. The second-order valence-electron chi connectivity index (χ2n) is 8.10. The third-order valence-electron chi connectivity index (χ3n) is 6.22. The maximum Gasteiger partial charge on any atom is 0.222 e. The van der Waals surface area contributed by atoms with Gasteiger partial charge in [0.05, 0.1) is 0 Å². The number of nitrogens with zero attached hydrogens (tertiary/aromatic N) is 2. The van der Waals surface area contributed by atoms with Crippen molar-refractivity contribution in [2.24, 2.45) is 11.8 Å². The molecule has 0 aromatic heterocycles. The highest BCUT2D eigenvalue weighted by atomic mass is 19.1. The highest BCUT2D eigenvalue weighted by Gasteiger charge is 2.27. The van der Waals surface area contributed by atoms with Crippen molar-refractivity contribution in [1.29, 1.82) is 0 Å². The summed E-state index contributed by atoms with van der Waals surface area (Å²) in [5.74, 6) is 1.32. The van der Waals surface area contributed by atoms with Gasteiger partial charge in [0, 0.05) is 19.5 Å². The first-order chi connectivity index (χ1) is 12.6. The quantitative estimate of drug-likeness (QED) is 0.762. The van der Waals surface area contributed by atoms with Crippen molar-refractivity contribution in [3.8, 4) is 0 Å². The van der Waals surface area contributed by atoms with Gasteiger partial charge in [-0.3, -0.25) is 4.79 Å². The van der Waals surface area contributed by atoms with Crippen LogP contribution in [0.25, 0.3) is 0 Å². The molecule has 1 atom stereocenters. The standard InChI is InChI=1S/C22H33FN2O/c1-2-24-13-10-19(11-14-24)16-22(26)25-12-4-6-20(17-25)9-8-18-5-3-7-21(23)15-18/h3,5,7,15,19-20H,2,4,6,8-14,16-17H2,1H3/t20-/m0/s1. The maximum atomic E-state index is 13.3. The zero-order valence-corrected chi connectivity index (χ0v) is 16.1. The first-order valence-electron chi connectivity index (χ1n) is 10.4. The lowest BCUT2D eigenvalue weighted by molar-refractivity contribution is -0.134. The molecule has 2 saturated heterocycles. The van der Waals surface area contributed by atoms with Crippen molar-refractivity contribution in [3.63, 3.8) is 0 Å². The summed E-state index contributed by atoms with van der Waals surface area (Å²) in [5, 5.41) is 0. The van der Waals surface area contributed by atoms with Gasteiger partial charge in [-0.1, -0.05) is 19.1 Å². The van der Waals surface area contributed by atoms with Crippen LogP contribution in [0.2, 0.25) is 0 Å². The van der Waals surface area contributed by atoms with E-state index in [1.807, 2.05) is 6.07 Å². The Labute approximate surface area is 157 Å². The van der Waals surface area contributed by atoms with Crippen molar-refractivity contribution in [2.75, 3.05) is 32.7 Å². The van der Waals surface area contributed by atoms with E-state index in [-0.39, 0.29) is 5.82 Å². The van der Waals surface area contributed by atoms with Crippen LogP contribution in [0.15, 0.2) is 24.3 Å². The molecule has 2 aliphatic heterocycles.